The molecule has 0 saturated heterocycles. The van der Waals surface area contributed by atoms with E-state index in [-0.39, 0.29) is 17.9 Å². The van der Waals surface area contributed by atoms with Crippen molar-refractivity contribution in [2.24, 2.45) is 0 Å². The van der Waals surface area contributed by atoms with Gasteiger partial charge in [0.1, 0.15) is 6.04 Å². The Morgan fingerprint density at radius 1 is 1.03 bits per heavy atom. The summed E-state index contributed by atoms with van der Waals surface area (Å²) in [6.07, 6.45) is 2.09. The minimum Gasteiger partial charge on any atom is -0.324 e. The number of hydrogen-bond acceptors (Lipinski definition) is 4. The van der Waals surface area contributed by atoms with E-state index in [4.69, 9.17) is 11.6 Å². The molecule has 1 aliphatic heterocycles. The lowest BCUT2D eigenvalue weighted by atomic mass is 10.0. The minimum absolute atomic E-state index is 0.185. The normalized spacial score (nSPS) is 14.8. The molecule has 0 unspecified atom stereocenters. The number of aromatic nitrogens is 3. The summed E-state index contributed by atoms with van der Waals surface area (Å²) >= 11 is 6.06. The molecule has 0 radical (unpaired) electrons. The number of amides is 1. The van der Waals surface area contributed by atoms with Crippen molar-refractivity contribution < 1.29 is 4.79 Å². The Morgan fingerprint density at radius 3 is 2.56 bits per heavy atom. The Kier molecular flexibility index (Phi) is 5.21. The van der Waals surface area contributed by atoms with E-state index in [0.717, 1.165) is 22.4 Å². The first-order chi connectivity index (χ1) is 15.6. The topological polar surface area (TPSA) is 71.8 Å². The summed E-state index contributed by atoms with van der Waals surface area (Å²) in [7, 11) is 0. The second-order valence-electron chi connectivity index (χ2n) is 7.59. The average molecular weight is 442 g/mol. The maximum absolute atomic E-state index is 12.7. The molecule has 6 nitrogen and oxygen atoms in total. The van der Waals surface area contributed by atoms with Crippen molar-refractivity contribution in [3.63, 3.8) is 0 Å². The van der Waals surface area contributed by atoms with E-state index in [1.165, 1.54) is 0 Å². The zero-order chi connectivity index (χ0) is 22.1. The number of hydrogen-bond donors (Lipinski definition) is 2. The van der Waals surface area contributed by atoms with Crippen LogP contribution in [-0.4, -0.2) is 20.7 Å². The summed E-state index contributed by atoms with van der Waals surface area (Å²) in [6, 6.07) is 24.9. The quantitative estimate of drug-likeness (QED) is 0.435. The van der Waals surface area contributed by atoms with Crippen molar-refractivity contribution >= 4 is 35.1 Å². The molecule has 5 rings (SSSR count). The highest BCUT2D eigenvalue weighted by Gasteiger charge is 2.26. The molecule has 2 heterocycles. The number of anilines is 2. The average Bonchev–Trinajstić information content (AvgIpc) is 3.21. The van der Waals surface area contributed by atoms with Crippen LogP contribution in [0.25, 0.3) is 5.70 Å². The minimum atomic E-state index is -0.251. The fourth-order valence-electron chi connectivity index (χ4n) is 3.69. The molecule has 3 aromatic carbocycles. The molecule has 0 fully saturated rings. The number of nitrogens with zero attached hydrogens (tertiary/aromatic N) is 3. The fourth-order valence-corrected chi connectivity index (χ4v) is 3.82. The van der Waals surface area contributed by atoms with Gasteiger partial charge in [0, 0.05) is 16.3 Å². The van der Waals surface area contributed by atoms with Gasteiger partial charge in [0.15, 0.2) is 0 Å². The van der Waals surface area contributed by atoms with Crippen molar-refractivity contribution in [3.8, 4) is 0 Å². The molecule has 1 aliphatic rings. The predicted octanol–water partition coefficient (Wildman–Crippen LogP) is 5.55. The first-order valence-electron chi connectivity index (χ1n) is 10.2. The number of rotatable bonds is 4. The summed E-state index contributed by atoms with van der Waals surface area (Å²) in [5.74, 6) is 0.537. The maximum Gasteiger partial charge on any atom is 0.258 e. The SMILES string of the molecule is Cc1cccc(C(=O)Nc2nc3n(n2)[C@@H](c2ccccc2)C=C(c2ccc(Cl)cc2)N3)c1. The van der Waals surface area contributed by atoms with E-state index < -0.39 is 0 Å². The van der Waals surface area contributed by atoms with E-state index in [0.29, 0.717) is 16.5 Å². The lowest BCUT2D eigenvalue weighted by Gasteiger charge is -2.24. The molecular formula is C25H20ClN5O. The molecule has 0 spiro atoms. The summed E-state index contributed by atoms with van der Waals surface area (Å²) in [6.45, 7) is 1.95. The van der Waals surface area contributed by atoms with Crippen molar-refractivity contribution in [2.75, 3.05) is 10.6 Å². The van der Waals surface area contributed by atoms with Crippen LogP contribution in [0.4, 0.5) is 11.9 Å². The van der Waals surface area contributed by atoms with Crippen molar-refractivity contribution in [3.05, 3.63) is 112 Å². The second kappa shape index (κ2) is 8.32. The third-order valence-electron chi connectivity index (χ3n) is 5.27. The number of allylic oxidation sites excluding steroid dienone is 1. The van der Waals surface area contributed by atoms with Crippen LogP contribution < -0.4 is 10.6 Å². The highest BCUT2D eigenvalue weighted by Crippen LogP contribution is 2.33. The van der Waals surface area contributed by atoms with E-state index >= 15 is 0 Å². The molecule has 1 atom stereocenters. The van der Waals surface area contributed by atoms with Crippen molar-refractivity contribution in [1.29, 1.82) is 0 Å². The third kappa shape index (κ3) is 4.00. The van der Waals surface area contributed by atoms with Gasteiger partial charge < -0.3 is 5.32 Å². The first-order valence-corrected chi connectivity index (χ1v) is 10.6. The van der Waals surface area contributed by atoms with Crippen LogP contribution in [0.2, 0.25) is 5.02 Å². The van der Waals surface area contributed by atoms with Gasteiger partial charge in [-0.15, -0.1) is 5.10 Å². The Balaban J connectivity index is 1.50. The lowest BCUT2D eigenvalue weighted by Crippen LogP contribution is -2.20. The number of halogens is 1. The van der Waals surface area contributed by atoms with Crippen LogP contribution in [0.5, 0.6) is 0 Å². The second-order valence-corrected chi connectivity index (χ2v) is 8.03. The van der Waals surface area contributed by atoms with Crippen LogP contribution in [0.1, 0.15) is 33.1 Å². The van der Waals surface area contributed by atoms with Crippen molar-refractivity contribution in [2.45, 2.75) is 13.0 Å². The van der Waals surface area contributed by atoms with Gasteiger partial charge in [-0.25, -0.2) is 4.68 Å². The van der Waals surface area contributed by atoms with Crippen LogP contribution >= 0.6 is 11.6 Å². The smallest absolute Gasteiger partial charge is 0.258 e. The molecule has 32 heavy (non-hydrogen) atoms. The number of nitrogens with one attached hydrogen (secondary N) is 2. The number of aryl methyl sites for hydroxylation is 1. The molecule has 158 valence electrons. The zero-order valence-corrected chi connectivity index (χ0v) is 18.0. The summed E-state index contributed by atoms with van der Waals surface area (Å²) < 4.78 is 1.78. The Labute approximate surface area is 190 Å². The highest BCUT2D eigenvalue weighted by molar-refractivity contribution is 6.30. The molecular weight excluding hydrogens is 422 g/mol. The number of carbonyl (C=O) groups excluding carboxylic acids is 1. The van der Waals surface area contributed by atoms with Gasteiger partial charge in [-0.1, -0.05) is 71.8 Å². The molecule has 2 N–H and O–H groups in total. The van der Waals surface area contributed by atoms with Gasteiger partial charge in [0.05, 0.1) is 0 Å². The number of benzene rings is 3. The van der Waals surface area contributed by atoms with E-state index in [1.54, 1.807) is 10.7 Å². The van der Waals surface area contributed by atoms with Gasteiger partial charge in [-0.2, -0.15) is 4.98 Å². The summed E-state index contributed by atoms with van der Waals surface area (Å²) in [5, 5.41) is 11.4. The molecule has 4 aromatic rings. The predicted molar refractivity (Wildman–Crippen MR) is 127 cm³/mol. The molecule has 7 heteroatoms. The van der Waals surface area contributed by atoms with E-state index in [2.05, 4.69) is 26.8 Å². The highest BCUT2D eigenvalue weighted by atomic mass is 35.5. The van der Waals surface area contributed by atoms with E-state index in [9.17, 15) is 4.79 Å². The lowest BCUT2D eigenvalue weighted by molar-refractivity contribution is 0.102. The van der Waals surface area contributed by atoms with Crippen LogP contribution in [0, 0.1) is 6.92 Å². The summed E-state index contributed by atoms with van der Waals surface area (Å²) in [5.41, 5.74) is 4.51. The van der Waals surface area contributed by atoms with Crippen molar-refractivity contribution in [1.82, 2.24) is 14.8 Å². The van der Waals surface area contributed by atoms with Crippen LogP contribution in [0.15, 0.2) is 84.9 Å². The van der Waals surface area contributed by atoms with Crippen LogP contribution in [-0.2, 0) is 0 Å². The molecule has 0 aliphatic carbocycles. The monoisotopic (exact) mass is 441 g/mol. The standard InChI is InChI=1S/C25H20ClN5O/c1-16-6-5-9-19(14-16)23(32)28-24-29-25-27-21(17-10-12-20(26)13-11-17)15-22(31(25)30-24)18-7-3-2-4-8-18/h2-15,22H,1H3,(H2,27,28,29,30,32)/t22-/m1/s1. The zero-order valence-electron chi connectivity index (χ0n) is 17.3. The van der Waals surface area contributed by atoms with Gasteiger partial charge in [-0.3, -0.25) is 10.1 Å². The maximum atomic E-state index is 12.7. The Hall–Kier alpha value is -3.90. The third-order valence-corrected chi connectivity index (χ3v) is 5.52. The van der Waals surface area contributed by atoms with Crippen LogP contribution in [0.3, 0.4) is 0 Å². The van der Waals surface area contributed by atoms with Gasteiger partial charge in [-0.05, 0) is 48.4 Å². The Bertz CT molecular complexity index is 1310. The largest absolute Gasteiger partial charge is 0.324 e. The summed E-state index contributed by atoms with van der Waals surface area (Å²) in [4.78, 5) is 17.3. The molecule has 1 aromatic heterocycles. The Morgan fingerprint density at radius 2 is 1.81 bits per heavy atom. The molecule has 1 amide bonds. The van der Waals surface area contributed by atoms with E-state index in [1.807, 2.05) is 79.7 Å². The van der Waals surface area contributed by atoms with Gasteiger partial charge >= 0.3 is 0 Å². The molecule has 0 bridgehead atoms. The number of fused-ring (bicyclic) bond motifs is 1. The molecule has 0 saturated carbocycles. The number of carbonyl (C=O) groups is 1. The van der Waals surface area contributed by atoms with Gasteiger partial charge in [0.2, 0.25) is 5.95 Å². The first kappa shape index (κ1) is 20.0. The fraction of sp³-hybridized carbons (Fsp3) is 0.0800. The van der Waals surface area contributed by atoms with Gasteiger partial charge in [0.25, 0.3) is 11.9 Å².